The fourth-order valence-corrected chi connectivity index (χ4v) is 2.23. The van der Waals surface area contributed by atoms with Gasteiger partial charge in [0.1, 0.15) is 5.67 Å². The molecule has 2 rings (SSSR count). The minimum absolute atomic E-state index is 0.559. The summed E-state index contributed by atoms with van der Waals surface area (Å²) in [5.74, 6) is 1.25. The van der Waals surface area contributed by atoms with E-state index in [1.807, 2.05) is 19.9 Å². The summed E-state index contributed by atoms with van der Waals surface area (Å²) in [6.45, 7) is 7.98. The molecule has 0 saturated carbocycles. The first kappa shape index (κ1) is 14.1. The molecule has 0 amide bonds. The van der Waals surface area contributed by atoms with Crippen LogP contribution in [-0.4, -0.2) is 13.2 Å². The summed E-state index contributed by atoms with van der Waals surface area (Å²) in [6, 6.07) is 3.54. The zero-order valence-corrected chi connectivity index (χ0v) is 12.0. The van der Waals surface area contributed by atoms with Crippen LogP contribution in [0.25, 0.3) is 0 Å². The molecule has 0 aliphatic carbocycles. The van der Waals surface area contributed by atoms with Gasteiger partial charge in [-0.3, -0.25) is 0 Å². The van der Waals surface area contributed by atoms with Crippen molar-refractivity contribution in [3.05, 3.63) is 23.3 Å². The summed E-state index contributed by atoms with van der Waals surface area (Å²) in [6.07, 6.45) is 0.824. The van der Waals surface area contributed by atoms with Crippen molar-refractivity contribution in [1.29, 1.82) is 0 Å². The molecule has 0 aromatic heterocycles. The topological polar surface area (TPSA) is 44.5 Å². The van der Waals surface area contributed by atoms with Gasteiger partial charge in [0.2, 0.25) is 0 Å². The Labute approximate surface area is 113 Å². The summed E-state index contributed by atoms with van der Waals surface area (Å²) >= 11 is 0. The molecule has 1 aromatic rings. The van der Waals surface area contributed by atoms with E-state index in [9.17, 15) is 4.39 Å². The van der Waals surface area contributed by atoms with Crippen LogP contribution in [0.15, 0.2) is 12.1 Å². The van der Waals surface area contributed by atoms with Gasteiger partial charge >= 0.3 is 0 Å². The minimum Gasteiger partial charge on any atom is -0.490 e. The van der Waals surface area contributed by atoms with Gasteiger partial charge in [0.25, 0.3) is 0 Å². The number of fused-ring (bicyclic) bond motifs is 1. The van der Waals surface area contributed by atoms with E-state index in [0.717, 1.165) is 12.0 Å². The van der Waals surface area contributed by atoms with Gasteiger partial charge in [-0.25, -0.2) is 4.39 Å². The average molecular weight is 267 g/mol. The maximum absolute atomic E-state index is 14.4. The van der Waals surface area contributed by atoms with Crippen molar-refractivity contribution >= 4 is 0 Å². The zero-order chi connectivity index (χ0) is 14.3. The summed E-state index contributed by atoms with van der Waals surface area (Å²) in [4.78, 5) is 0. The number of benzene rings is 1. The lowest BCUT2D eigenvalue weighted by Crippen LogP contribution is -2.32. The Kier molecular flexibility index (Phi) is 3.47. The van der Waals surface area contributed by atoms with E-state index in [4.69, 9.17) is 15.2 Å². The van der Waals surface area contributed by atoms with E-state index in [1.165, 1.54) is 13.8 Å². The van der Waals surface area contributed by atoms with E-state index in [1.54, 1.807) is 6.07 Å². The number of halogens is 1. The van der Waals surface area contributed by atoms with Gasteiger partial charge in [-0.1, -0.05) is 0 Å². The summed E-state index contributed by atoms with van der Waals surface area (Å²) in [5.41, 5.74) is 5.37. The van der Waals surface area contributed by atoms with Crippen molar-refractivity contribution in [3.63, 3.8) is 0 Å². The van der Waals surface area contributed by atoms with E-state index in [2.05, 4.69) is 0 Å². The van der Waals surface area contributed by atoms with Crippen molar-refractivity contribution in [2.45, 2.75) is 45.3 Å². The van der Waals surface area contributed by atoms with Crippen LogP contribution in [0, 0.1) is 0 Å². The van der Waals surface area contributed by atoms with E-state index >= 15 is 0 Å². The van der Waals surface area contributed by atoms with Crippen LogP contribution < -0.4 is 15.2 Å². The first-order valence-corrected chi connectivity index (χ1v) is 6.62. The third-order valence-electron chi connectivity index (χ3n) is 3.22. The molecular weight excluding hydrogens is 245 g/mol. The highest BCUT2D eigenvalue weighted by atomic mass is 19.1. The molecule has 1 heterocycles. The Morgan fingerprint density at radius 1 is 1.00 bits per heavy atom. The highest BCUT2D eigenvalue weighted by Gasteiger charge is 2.31. The van der Waals surface area contributed by atoms with Gasteiger partial charge in [-0.2, -0.15) is 0 Å². The fraction of sp³-hybridized carbons (Fsp3) is 0.600. The van der Waals surface area contributed by atoms with Gasteiger partial charge in [-0.15, -0.1) is 0 Å². The van der Waals surface area contributed by atoms with Crippen molar-refractivity contribution in [1.82, 2.24) is 0 Å². The molecule has 0 radical (unpaired) electrons. The maximum atomic E-state index is 14.4. The monoisotopic (exact) mass is 267 g/mol. The Bertz CT molecular complexity index is 429. The zero-order valence-electron chi connectivity index (χ0n) is 12.0. The molecule has 4 heteroatoms. The van der Waals surface area contributed by atoms with Crippen molar-refractivity contribution in [2.75, 3.05) is 13.2 Å². The molecule has 0 fully saturated rings. The predicted molar refractivity (Wildman–Crippen MR) is 73.4 cm³/mol. The second kappa shape index (κ2) is 4.67. The largest absolute Gasteiger partial charge is 0.490 e. The molecule has 0 saturated heterocycles. The lowest BCUT2D eigenvalue weighted by molar-refractivity contribution is 0.215. The van der Waals surface area contributed by atoms with Crippen LogP contribution in [0.4, 0.5) is 4.39 Å². The maximum Gasteiger partial charge on any atom is 0.161 e. The lowest BCUT2D eigenvalue weighted by atomic mass is 9.84. The number of hydrogen-bond acceptors (Lipinski definition) is 3. The molecule has 19 heavy (non-hydrogen) atoms. The number of nitrogens with two attached hydrogens (primary N) is 1. The Balaban J connectivity index is 2.61. The minimum atomic E-state index is -1.48. The third-order valence-corrected chi connectivity index (χ3v) is 3.22. The molecule has 1 aromatic carbocycles. The van der Waals surface area contributed by atoms with Crippen LogP contribution in [-0.2, 0) is 11.2 Å². The van der Waals surface area contributed by atoms with Gasteiger partial charge in [0, 0.05) is 12.0 Å². The van der Waals surface area contributed by atoms with Crippen molar-refractivity contribution in [2.24, 2.45) is 5.73 Å². The highest BCUT2D eigenvalue weighted by Crippen LogP contribution is 2.41. The molecule has 2 N–H and O–H groups in total. The van der Waals surface area contributed by atoms with Gasteiger partial charge in [0.05, 0.1) is 13.2 Å². The summed E-state index contributed by atoms with van der Waals surface area (Å²) in [7, 11) is 0. The Morgan fingerprint density at radius 2 is 1.47 bits per heavy atom. The van der Waals surface area contributed by atoms with Crippen LogP contribution in [0.5, 0.6) is 11.5 Å². The quantitative estimate of drug-likeness (QED) is 0.894. The normalized spacial score (nSPS) is 16.1. The van der Waals surface area contributed by atoms with Crippen molar-refractivity contribution in [3.8, 4) is 11.5 Å². The summed E-state index contributed by atoms with van der Waals surface area (Å²) < 4.78 is 25.7. The third kappa shape index (κ3) is 3.00. The van der Waals surface area contributed by atoms with Gasteiger partial charge in [-0.05, 0) is 51.0 Å². The number of alkyl halides is 1. The SMILES string of the molecule is CC(C)(N)c1cc2c(cc1C(C)(C)F)OCCCO2. The molecular formula is C15H22FNO2. The van der Waals surface area contributed by atoms with Crippen LogP contribution in [0.2, 0.25) is 0 Å². The summed E-state index contributed by atoms with van der Waals surface area (Å²) in [5, 5.41) is 0. The number of rotatable bonds is 2. The average Bonchev–Trinajstić information content (AvgIpc) is 2.49. The Morgan fingerprint density at radius 3 is 1.89 bits per heavy atom. The van der Waals surface area contributed by atoms with Crippen LogP contribution in [0.1, 0.15) is 45.2 Å². The lowest BCUT2D eigenvalue weighted by Gasteiger charge is -2.28. The molecule has 0 spiro atoms. The Hall–Kier alpha value is -1.29. The highest BCUT2D eigenvalue weighted by molar-refractivity contribution is 5.51. The molecule has 0 atom stereocenters. The fourth-order valence-electron chi connectivity index (χ4n) is 2.23. The van der Waals surface area contributed by atoms with Gasteiger partial charge < -0.3 is 15.2 Å². The smallest absolute Gasteiger partial charge is 0.161 e. The van der Waals surface area contributed by atoms with Gasteiger partial charge in [0.15, 0.2) is 11.5 Å². The molecule has 0 unspecified atom stereocenters. The van der Waals surface area contributed by atoms with E-state index in [0.29, 0.717) is 30.3 Å². The molecule has 1 aliphatic rings. The molecule has 3 nitrogen and oxygen atoms in total. The predicted octanol–water partition coefficient (Wildman–Crippen LogP) is 3.25. The van der Waals surface area contributed by atoms with E-state index < -0.39 is 11.2 Å². The first-order valence-electron chi connectivity index (χ1n) is 6.62. The number of hydrogen-bond donors (Lipinski definition) is 1. The van der Waals surface area contributed by atoms with Crippen molar-refractivity contribution < 1.29 is 13.9 Å². The van der Waals surface area contributed by atoms with Crippen LogP contribution >= 0.6 is 0 Å². The molecule has 0 bridgehead atoms. The molecule has 1 aliphatic heterocycles. The first-order chi connectivity index (χ1) is 8.69. The van der Waals surface area contributed by atoms with Crippen LogP contribution in [0.3, 0.4) is 0 Å². The second-order valence-electron chi connectivity index (χ2n) is 6.09. The molecule has 106 valence electrons. The second-order valence-corrected chi connectivity index (χ2v) is 6.09. The van der Waals surface area contributed by atoms with E-state index in [-0.39, 0.29) is 0 Å². The standard InChI is InChI=1S/C15H22FNO2/c1-14(2,16)10-8-12-13(19-7-5-6-18-12)9-11(10)15(3,4)17/h8-9H,5-7,17H2,1-4H3. The number of ether oxygens (including phenoxy) is 2.